The van der Waals surface area contributed by atoms with Crippen LogP contribution < -0.4 is 5.73 Å². The average Bonchev–Trinajstić information content (AvgIpc) is 1.75. The van der Waals surface area contributed by atoms with Crippen LogP contribution in [0.4, 0.5) is 0 Å². The van der Waals surface area contributed by atoms with E-state index in [4.69, 9.17) is 0 Å². The Balaban J connectivity index is 0. The van der Waals surface area contributed by atoms with Crippen LogP contribution in [0.1, 0.15) is 19.8 Å². The fourth-order valence-corrected chi connectivity index (χ4v) is 0.144. The van der Waals surface area contributed by atoms with Crippen molar-refractivity contribution in [3.05, 3.63) is 0 Å². The maximum absolute atomic E-state index is 9.53. The zero-order valence-electron chi connectivity index (χ0n) is 5.11. The molecule has 0 saturated carbocycles. The van der Waals surface area contributed by atoms with E-state index in [0.717, 1.165) is 12.8 Å². The van der Waals surface area contributed by atoms with Gasteiger partial charge in [0.05, 0.1) is 6.61 Å². The van der Waals surface area contributed by atoms with Gasteiger partial charge in [-0.3, -0.25) is 0 Å². The lowest BCUT2D eigenvalue weighted by molar-refractivity contribution is 0.188. The van der Waals surface area contributed by atoms with Crippen molar-refractivity contribution in [2.75, 3.05) is 13.7 Å². The number of unbranched alkanes of at least 4 members (excludes halogenated alkanes) is 1. The first kappa shape index (κ1) is 10.0. The average molecular weight is 104 g/mol. The molecular formula is C5H14NO. The van der Waals surface area contributed by atoms with Crippen molar-refractivity contribution >= 4 is 0 Å². The molecule has 2 nitrogen and oxygen atoms in total. The van der Waals surface area contributed by atoms with Gasteiger partial charge >= 0.3 is 0 Å². The molecule has 0 saturated heterocycles. The van der Waals surface area contributed by atoms with Crippen molar-refractivity contribution in [3.8, 4) is 0 Å². The van der Waals surface area contributed by atoms with Crippen molar-refractivity contribution in [2.24, 2.45) is 5.73 Å². The van der Waals surface area contributed by atoms with E-state index < -0.39 is 0 Å². The minimum Gasteiger partial charge on any atom is -0.333 e. The van der Waals surface area contributed by atoms with Crippen LogP contribution in [0.15, 0.2) is 0 Å². The molecule has 0 heterocycles. The summed E-state index contributed by atoms with van der Waals surface area (Å²) in [6.07, 6.45) is 1.86. The summed E-state index contributed by atoms with van der Waals surface area (Å²) in [5.41, 5.74) is 4.50. The summed E-state index contributed by atoms with van der Waals surface area (Å²) in [6.45, 7) is 2.11. The standard InChI is InChI=1S/C4H9O.CH5N/c1-2-3-4-5;1-2/h2-4H2,1H3;2H2,1H3. The Bertz CT molecular complexity index is 15.6. The molecule has 7 heavy (non-hydrogen) atoms. The summed E-state index contributed by atoms with van der Waals surface area (Å²) in [7, 11) is 1.50. The monoisotopic (exact) mass is 104 g/mol. The summed E-state index contributed by atoms with van der Waals surface area (Å²) in [5.74, 6) is 0. The Morgan fingerprint density at radius 1 is 1.43 bits per heavy atom. The van der Waals surface area contributed by atoms with E-state index in [1.54, 1.807) is 0 Å². The van der Waals surface area contributed by atoms with Gasteiger partial charge in [-0.05, 0) is 13.5 Å². The number of hydrogen-bond acceptors (Lipinski definition) is 1. The molecule has 1 radical (unpaired) electrons. The van der Waals surface area contributed by atoms with Crippen LogP contribution in [0.2, 0.25) is 0 Å². The molecule has 0 aromatic carbocycles. The van der Waals surface area contributed by atoms with Crippen LogP contribution in [0.25, 0.3) is 0 Å². The first-order valence-corrected chi connectivity index (χ1v) is 2.57. The predicted octanol–water partition coefficient (Wildman–Crippen LogP) is 0.792. The maximum Gasteiger partial charge on any atom is 0.0822 e. The van der Waals surface area contributed by atoms with E-state index in [9.17, 15) is 5.11 Å². The van der Waals surface area contributed by atoms with E-state index in [2.05, 4.69) is 5.73 Å². The Hall–Kier alpha value is -0.0800. The Kier molecular flexibility index (Phi) is 24.1. The van der Waals surface area contributed by atoms with Gasteiger partial charge in [-0.15, -0.1) is 0 Å². The van der Waals surface area contributed by atoms with Crippen LogP contribution in [0.3, 0.4) is 0 Å². The van der Waals surface area contributed by atoms with Crippen molar-refractivity contribution in [2.45, 2.75) is 19.8 Å². The first-order chi connectivity index (χ1) is 3.41. The molecule has 0 amide bonds. The highest BCUT2D eigenvalue weighted by Crippen LogP contribution is 1.79. The lowest BCUT2D eigenvalue weighted by Gasteiger charge is -1.76. The van der Waals surface area contributed by atoms with E-state index in [1.807, 2.05) is 6.92 Å². The molecule has 2 N–H and O–H groups in total. The van der Waals surface area contributed by atoms with Crippen LogP contribution in [-0.2, 0) is 5.11 Å². The topological polar surface area (TPSA) is 45.9 Å². The highest BCUT2D eigenvalue weighted by Gasteiger charge is 1.71. The molecule has 0 aliphatic rings. The zero-order chi connectivity index (χ0) is 6.12. The molecule has 2 heteroatoms. The summed E-state index contributed by atoms with van der Waals surface area (Å²) < 4.78 is 0. The second-order valence-electron chi connectivity index (χ2n) is 1.06. The third kappa shape index (κ3) is 24.7. The summed E-state index contributed by atoms with van der Waals surface area (Å²) in [6, 6.07) is 0. The molecule has 0 atom stereocenters. The summed E-state index contributed by atoms with van der Waals surface area (Å²) >= 11 is 0. The molecule has 0 spiro atoms. The molecule has 0 fully saturated rings. The predicted molar refractivity (Wildman–Crippen MR) is 30.6 cm³/mol. The molecule has 0 aliphatic heterocycles. The molecule has 0 unspecified atom stereocenters. The molecule has 0 aromatic rings. The van der Waals surface area contributed by atoms with Gasteiger partial charge in [-0.25, -0.2) is 5.11 Å². The lowest BCUT2D eigenvalue weighted by atomic mass is 10.4. The maximum atomic E-state index is 9.53. The Morgan fingerprint density at radius 2 is 1.86 bits per heavy atom. The van der Waals surface area contributed by atoms with Gasteiger partial charge in [0, 0.05) is 0 Å². The third-order valence-corrected chi connectivity index (χ3v) is 0.498. The highest BCUT2D eigenvalue weighted by molar-refractivity contribution is 4.22. The zero-order valence-corrected chi connectivity index (χ0v) is 5.11. The van der Waals surface area contributed by atoms with Crippen molar-refractivity contribution in [3.63, 3.8) is 0 Å². The van der Waals surface area contributed by atoms with E-state index in [1.165, 1.54) is 7.05 Å². The van der Waals surface area contributed by atoms with E-state index in [0.29, 0.717) is 0 Å². The Labute approximate surface area is 45.3 Å². The molecule has 0 aliphatic carbocycles. The second kappa shape index (κ2) is 16.8. The van der Waals surface area contributed by atoms with Crippen molar-refractivity contribution in [1.82, 2.24) is 0 Å². The van der Waals surface area contributed by atoms with Crippen LogP contribution in [-0.4, -0.2) is 13.7 Å². The quantitative estimate of drug-likeness (QED) is 0.553. The second-order valence-corrected chi connectivity index (χ2v) is 1.06. The summed E-state index contributed by atoms with van der Waals surface area (Å²) in [4.78, 5) is 0. The van der Waals surface area contributed by atoms with Gasteiger partial charge in [0.1, 0.15) is 0 Å². The molecule has 45 valence electrons. The smallest absolute Gasteiger partial charge is 0.0822 e. The fraction of sp³-hybridized carbons (Fsp3) is 1.00. The van der Waals surface area contributed by atoms with Gasteiger partial charge in [0.2, 0.25) is 0 Å². The lowest BCUT2D eigenvalue weighted by Crippen LogP contribution is -1.72. The number of nitrogens with two attached hydrogens (primary N) is 1. The fourth-order valence-electron chi connectivity index (χ4n) is 0.144. The van der Waals surface area contributed by atoms with Gasteiger partial charge < -0.3 is 5.73 Å². The number of hydrogen-bond donors (Lipinski definition) is 1. The SMILES string of the molecule is CCCC[O].CN. The molecule has 0 rings (SSSR count). The van der Waals surface area contributed by atoms with Gasteiger partial charge in [-0.1, -0.05) is 13.3 Å². The van der Waals surface area contributed by atoms with E-state index in [-0.39, 0.29) is 6.61 Å². The minimum absolute atomic E-state index is 0.0938. The van der Waals surface area contributed by atoms with Crippen molar-refractivity contribution < 1.29 is 5.11 Å². The van der Waals surface area contributed by atoms with Gasteiger partial charge in [-0.2, -0.15) is 0 Å². The van der Waals surface area contributed by atoms with Gasteiger partial charge in [0.15, 0.2) is 0 Å². The van der Waals surface area contributed by atoms with Crippen LogP contribution >= 0.6 is 0 Å². The first-order valence-electron chi connectivity index (χ1n) is 2.57. The normalized spacial score (nSPS) is 6.86. The van der Waals surface area contributed by atoms with Gasteiger partial charge in [0.25, 0.3) is 0 Å². The van der Waals surface area contributed by atoms with E-state index >= 15 is 0 Å². The van der Waals surface area contributed by atoms with Crippen LogP contribution in [0.5, 0.6) is 0 Å². The van der Waals surface area contributed by atoms with Crippen LogP contribution in [0, 0.1) is 0 Å². The molecule has 0 bridgehead atoms. The highest BCUT2D eigenvalue weighted by atomic mass is 16.2. The number of rotatable bonds is 2. The van der Waals surface area contributed by atoms with Crippen molar-refractivity contribution in [1.29, 1.82) is 0 Å². The molecular weight excluding hydrogens is 90.1 g/mol. The Morgan fingerprint density at radius 3 is 1.86 bits per heavy atom. The summed E-state index contributed by atoms with van der Waals surface area (Å²) in [5, 5.41) is 9.53. The third-order valence-electron chi connectivity index (χ3n) is 0.498. The largest absolute Gasteiger partial charge is 0.333 e. The molecule has 0 aromatic heterocycles. The minimum atomic E-state index is 0.0938.